The molecule has 0 bridgehead atoms. The number of ether oxygens (including phenoxy) is 1. The van der Waals surface area contributed by atoms with Gasteiger partial charge in [0, 0.05) is 6.04 Å². The summed E-state index contributed by atoms with van der Waals surface area (Å²) in [5.41, 5.74) is 6.38. The fraction of sp³-hybridized carbons (Fsp3) is 0.462. The maximum Gasteiger partial charge on any atom is 0.407 e. The summed E-state index contributed by atoms with van der Waals surface area (Å²) < 4.78 is 5.10. The first-order chi connectivity index (χ1) is 8.22. The number of nitrogens with one attached hydrogen (secondary N) is 1. The molecule has 0 saturated heterocycles. The second kappa shape index (κ2) is 7.68. The number of nitrogens with two attached hydrogens (primary N) is 1. The normalized spacial score (nSPS) is 11.9. The molecule has 0 heterocycles. The van der Waals surface area contributed by atoms with Gasteiger partial charge in [0.25, 0.3) is 0 Å². The number of carbonyl (C=O) groups excluding carboxylic acids is 1. The molecule has 4 heteroatoms. The van der Waals surface area contributed by atoms with Gasteiger partial charge in [-0.25, -0.2) is 4.79 Å². The lowest BCUT2D eigenvalue weighted by atomic mass is 10.2. The molecule has 0 aliphatic heterocycles. The van der Waals surface area contributed by atoms with Crippen molar-refractivity contribution in [3.05, 3.63) is 35.9 Å². The fourth-order valence-corrected chi connectivity index (χ4v) is 1.46. The van der Waals surface area contributed by atoms with E-state index in [0.717, 1.165) is 18.4 Å². The summed E-state index contributed by atoms with van der Waals surface area (Å²) in [7, 11) is 0. The van der Waals surface area contributed by atoms with Crippen LogP contribution in [0.25, 0.3) is 0 Å². The smallest absolute Gasteiger partial charge is 0.407 e. The zero-order valence-electron chi connectivity index (χ0n) is 10.2. The molecule has 1 aromatic rings. The highest BCUT2D eigenvalue weighted by molar-refractivity contribution is 5.67. The van der Waals surface area contributed by atoms with E-state index in [2.05, 4.69) is 5.32 Å². The summed E-state index contributed by atoms with van der Waals surface area (Å²) in [6, 6.07) is 9.71. The third-order valence-corrected chi connectivity index (χ3v) is 2.42. The first-order valence-electron chi connectivity index (χ1n) is 5.89. The van der Waals surface area contributed by atoms with Gasteiger partial charge in [0.1, 0.15) is 6.61 Å². The summed E-state index contributed by atoms with van der Waals surface area (Å²) in [6.45, 7) is 2.89. The van der Waals surface area contributed by atoms with Crippen LogP contribution in [0.15, 0.2) is 30.3 Å². The van der Waals surface area contributed by atoms with Crippen molar-refractivity contribution in [3.63, 3.8) is 0 Å². The molecule has 1 amide bonds. The maximum absolute atomic E-state index is 11.4. The highest BCUT2D eigenvalue weighted by Crippen LogP contribution is 2.01. The van der Waals surface area contributed by atoms with E-state index in [1.807, 2.05) is 37.3 Å². The van der Waals surface area contributed by atoms with E-state index in [1.54, 1.807) is 0 Å². The molecule has 4 nitrogen and oxygen atoms in total. The standard InChI is InChI=1S/C13H20N2O2/c1-11(6-5-9-14)15-13(16)17-10-12-7-3-2-4-8-12/h2-4,7-8,11H,5-6,9-10,14H2,1H3,(H,15,16)/t11-/m1/s1. The van der Waals surface area contributed by atoms with Crippen LogP contribution in [0.4, 0.5) is 4.79 Å². The van der Waals surface area contributed by atoms with Crippen molar-refractivity contribution in [2.45, 2.75) is 32.4 Å². The van der Waals surface area contributed by atoms with Crippen LogP contribution in [-0.2, 0) is 11.3 Å². The largest absolute Gasteiger partial charge is 0.445 e. The van der Waals surface area contributed by atoms with E-state index in [0.29, 0.717) is 13.2 Å². The predicted octanol–water partition coefficient (Wildman–Crippen LogP) is 2.04. The highest BCUT2D eigenvalue weighted by atomic mass is 16.5. The molecular weight excluding hydrogens is 216 g/mol. The Labute approximate surface area is 102 Å². The molecule has 0 fully saturated rings. The van der Waals surface area contributed by atoms with E-state index in [-0.39, 0.29) is 12.1 Å². The SMILES string of the molecule is C[C@H](CCCN)NC(=O)OCc1ccccc1. The first-order valence-corrected chi connectivity index (χ1v) is 5.89. The Balaban J connectivity index is 2.21. The minimum absolute atomic E-state index is 0.0989. The van der Waals surface area contributed by atoms with Crippen molar-refractivity contribution < 1.29 is 9.53 Å². The molecule has 0 saturated carbocycles. The number of rotatable bonds is 6. The molecule has 17 heavy (non-hydrogen) atoms. The molecule has 0 aliphatic carbocycles. The second-order valence-electron chi connectivity index (χ2n) is 4.04. The minimum atomic E-state index is -0.377. The van der Waals surface area contributed by atoms with E-state index in [9.17, 15) is 4.79 Å². The van der Waals surface area contributed by atoms with Crippen LogP contribution < -0.4 is 11.1 Å². The van der Waals surface area contributed by atoms with Crippen molar-refractivity contribution in [2.75, 3.05) is 6.54 Å². The number of carbonyl (C=O) groups is 1. The van der Waals surface area contributed by atoms with Crippen LogP contribution in [0.5, 0.6) is 0 Å². The molecular formula is C13H20N2O2. The molecule has 0 unspecified atom stereocenters. The minimum Gasteiger partial charge on any atom is -0.445 e. The predicted molar refractivity (Wildman–Crippen MR) is 67.5 cm³/mol. The van der Waals surface area contributed by atoms with Gasteiger partial charge in [0.2, 0.25) is 0 Å². The van der Waals surface area contributed by atoms with E-state index < -0.39 is 0 Å². The van der Waals surface area contributed by atoms with Gasteiger partial charge >= 0.3 is 6.09 Å². The van der Waals surface area contributed by atoms with Crippen LogP contribution in [0.1, 0.15) is 25.3 Å². The lowest BCUT2D eigenvalue weighted by Gasteiger charge is -2.13. The molecule has 0 radical (unpaired) electrons. The molecule has 3 N–H and O–H groups in total. The summed E-state index contributed by atoms with van der Waals surface area (Å²) in [6.07, 6.45) is 1.40. The van der Waals surface area contributed by atoms with Crippen LogP contribution in [-0.4, -0.2) is 18.7 Å². The lowest BCUT2D eigenvalue weighted by Crippen LogP contribution is -2.33. The Morgan fingerprint density at radius 2 is 2.12 bits per heavy atom. The van der Waals surface area contributed by atoms with Crippen molar-refractivity contribution in [1.82, 2.24) is 5.32 Å². The van der Waals surface area contributed by atoms with Gasteiger partial charge in [-0.15, -0.1) is 0 Å². The lowest BCUT2D eigenvalue weighted by molar-refractivity contribution is 0.136. The summed E-state index contributed by atoms with van der Waals surface area (Å²) >= 11 is 0. The number of alkyl carbamates (subject to hydrolysis) is 1. The summed E-state index contributed by atoms with van der Waals surface area (Å²) in [5, 5.41) is 2.77. The molecule has 0 aliphatic rings. The molecule has 1 atom stereocenters. The molecule has 94 valence electrons. The Kier molecular flexibility index (Phi) is 6.10. The molecule has 0 spiro atoms. The van der Waals surface area contributed by atoms with Crippen LogP contribution in [0, 0.1) is 0 Å². The van der Waals surface area contributed by atoms with Crippen molar-refractivity contribution >= 4 is 6.09 Å². The Bertz CT molecular complexity index is 327. The third kappa shape index (κ3) is 5.92. The van der Waals surface area contributed by atoms with Gasteiger partial charge in [-0.2, -0.15) is 0 Å². The van der Waals surface area contributed by atoms with Crippen molar-refractivity contribution in [2.24, 2.45) is 5.73 Å². The Morgan fingerprint density at radius 1 is 1.41 bits per heavy atom. The fourth-order valence-electron chi connectivity index (χ4n) is 1.46. The van der Waals surface area contributed by atoms with Crippen LogP contribution in [0.3, 0.4) is 0 Å². The third-order valence-electron chi connectivity index (χ3n) is 2.42. The second-order valence-corrected chi connectivity index (χ2v) is 4.04. The molecule has 1 rings (SSSR count). The topological polar surface area (TPSA) is 64.3 Å². The average Bonchev–Trinajstić information content (AvgIpc) is 2.35. The number of hydrogen-bond acceptors (Lipinski definition) is 3. The van der Waals surface area contributed by atoms with Gasteiger partial charge in [0.15, 0.2) is 0 Å². The van der Waals surface area contributed by atoms with Crippen LogP contribution >= 0.6 is 0 Å². The van der Waals surface area contributed by atoms with Gasteiger partial charge in [-0.05, 0) is 31.9 Å². The van der Waals surface area contributed by atoms with E-state index >= 15 is 0 Å². The van der Waals surface area contributed by atoms with Crippen molar-refractivity contribution in [3.8, 4) is 0 Å². The average molecular weight is 236 g/mol. The summed E-state index contributed by atoms with van der Waals surface area (Å²) in [4.78, 5) is 11.4. The van der Waals surface area contributed by atoms with Gasteiger partial charge in [0.05, 0.1) is 0 Å². The van der Waals surface area contributed by atoms with Gasteiger partial charge in [-0.3, -0.25) is 0 Å². The maximum atomic E-state index is 11.4. The van der Waals surface area contributed by atoms with E-state index in [1.165, 1.54) is 0 Å². The summed E-state index contributed by atoms with van der Waals surface area (Å²) in [5.74, 6) is 0. The first kappa shape index (κ1) is 13.5. The van der Waals surface area contributed by atoms with Gasteiger partial charge in [-0.1, -0.05) is 30.3 Å². The number of amides is 1. The zero-order chi connectivity index (χ0) is 12.5. The monoisotopic (exact) mass is 236 g/mol. The Morgan fingerprint density at radius 3 is 2.76 bits per heavy atom. The zero-order valence-corrected chi connectivity index (χ0v) is 10.2. The highest BCUT2D eigenvalue weighted by Gasteiger charge is 2.07. The molecule has 1 aromatic carbocycles. The number of hydrogen-bond donors (Lipinski definition) is 2. The quantitative estimate of drug-likeness (QED) is 0.794. The van der Waals surface area contributed by atoms with E-state index in [4.69, 9.17) is 10.5 Å². The number of benzene rings is 1. The molecule has 0 aromatic heterocycles. The Hall–Kier alpha value is -1.55. The van der Waals surface area contributed by atoms with Crippen LogP contribution in [0.2, 0.25) is 0 Å². The van der Waals surface area contributed by atoms with Crippen molar-refractivity contribution in [1.29, 1.82) is 0 Å². The van der Waals surface area contributed by atoms with Gasteiger partial charge < -0.3 is 15.8 Å².